The van der Waals surface area contributed by atoms with Gasteiger partial charge in [-0.25, -0.2) is 18.1 Å². The van der Waals surface area contributed by atoms with Gasteiger partial charge in [0, 0.05) is 11.8 Å². The van der Waals surface area contributed by atoms with Gasteiger partial charge in [0.25, 0.3) is 0 Å². The van der Waals surface area contributed by atoms with Crippen LogP contribution in [0.3, 0.4) is 0 Å². The van der Waals surface area contributed by atoms with Crippen LogP contribution in [0.5, 0.6) is 11.5 Å². The highest BCUT2D eigenvalue weighted by Crippen LogP contribution is 2.34. The molecule has 1 aliphatic heterocycles. The molecule has 0 saturated heterocycles. The molecule has 0 unspecified atom stereocenters. The molecule has 0 atom stereocenters. The molecule has 0 aliphatic carbocycles. The van der Waals surface area contributed by atoms with E-state index in [-0.39, 0.29) is 28.7 Å². The summed E-state index contributed by atoms with van der Waals surface area (Å²) in [4.78, 5) is 17.3. The summed E-state index contributed by atoms with van der Waals surface area (Å²) < 4.78 is 33.8. The summed E-state index contributed by atoms with van der Waals surface area (Å²) in [5, 5.41) is 18.5. The zero-order valence-electron chi connectivity index (χ0n) is 18.2. The third-order valence-electron chi connectivity index (χ3n) is 4.71. The normalized spacial score (nSPS) is 12.8. The SMILES string of the molecule is COc1cccc(O)c1-n1c(C(=O)NS(=O)(=O)Cc2ccccc2)nnc1C1=C=C=C(C)C=N1. The van der Waals surface area contributed by atoms with Crippen LogP contribution in [0.25, 0.3) is 11.4 Å². The first kappa shape index (κ1) is 22.8. The van der Waals surface area contributed by atoms with E-state index in [0.717, 1.165) is 5.57 Å². The molecule has 0 spiro atoms. The van der Waals surface area contributed by atoms with E-state index in [4.69, 9.17) is 4.74 Å². The first-order valence-corrected chi connectivity index (χ1v) is 11.6. The summed E-state index contributed by atoms with van der Waals surface area (Å²) in [5.74, 6) is -1.89. The number of methoxy groups -OCH3 is 1. The van der Waals surface area contributed by atoms with Gasteiger partial charge in [-0.15, -0.1) is 10.2 Å². The van der Waals surface area contributed by atoms with E-state index in [1.807, 2.05) is 4.72 Å². The van der Waals surface area contributed by atoms with Crippen LogP contribution in [0, 0.1) is 0 Å². The van der Waals surface area contributed by atoms with E-state index in [0.29, 0.717) is 5.56 Å². The number of amides is 1. The Kier molecular flexibility index (Phi) is 6.16. The van der Waals surface area contributed by atoms with Gasteiger partial charge in [0.2, 0.25) is 15.8 Å². The summed E-state index contributed by atoms with van der Waals surface area (Å²) in [6.45, 7) is 1.78. The summed E-state index contributed by atoms with van der Waals surface area (Å²) in [6, 6.07) is 12.9. The van der Waals surface area contributed by atoms with E-state index < -0.39 is 27.5 Å². The standard InChI is InChI=1S/C23H19N5O5S/c1-15-11-12-17(24-13-15)21-25-26-22(28(21)20-18(29)9-6-10-19(20)33-2)23(30)27-34(31,32)14-16-7-4-3-5-8-16/h3-10,13,29H,14H2,1-2H3,(H,27,30). The maximum Gasteiger partial charge on any atom is 0.303 e. The number of phenolic OH excluding ortho intramolecular Hbond substituents is 1. The summed E-state index contributed by atoms with van der Waals surface area (Å²) in [7, 11) is -2.69. The fraction of sp³-hybridized carbons (Fsp3) is 0.130. The molecule has 10 nitrogen and oxygen atoms in total. The van der Waals surface area contributed by atoms with Gasteiger partial charge in [-0.2, -0.15) is 0 Å². The number of sulfonamides is 1. The number of hydrogen-bond donors (Lipinski definition) is 2. The highest BCUT2D eigenvalue weighted by molar-refractivity contribution is 7.89. The zero-order valence-corrected chi connectivity index (χ0v) is 19.0. The molecule has 0 fully saturated rings. The van der Waals surface area contributed by atoms with E-state index in [1.54, 1.807) is 49.4 Å². The predicted molar refractivity (Wildman–Crippen MR) is 124 cm³/mol. The molecular weight excluding hydrogens is 458 g/mol. The number of aromatic nitrogens is 3. The van der Waals surface area contributed by atoms with Crippen LogP contribution < -0.4 is 9.46 Å². The Hall–Kier alpha value is -4.43. The average molecular weight is 478 g/mol. The molecule has 11 heteroatoms. The first-order chi connectivity index (χ1) is 16.3. The van der Waals surface area contributed by atoms with Crippen molar-refractivity contribution in [2.75, 3.05) is 7.11 Å². The number of para-hydroxylation sites is 1. The van der Waals surface area contributed by atoms with E-state index in [2.05, 4.69) is 26.7 Å². The minimum absolute atomic E-state index is 0.0293. The molecule has 2 heterocycles. The van der Waals surface area contributed by atoms with Crippen molar-refractivity contribution in [3.05, 3.63) is 82.8 Å². The van der Waals surface area contributed by atoms with Crippen LogP contribution in [0.15, 0.2) is 70.6 Å². The van der Waals surface area contributed by atoms with Crippen molar-refractivity contribution in [1.82, 2.24) is 19.5 Å². The molecule has 0 bridgehead atoms. The van der Waals surface area contributed by atoms with Crippen molar-refractivity contribution >= 4 is 27.8 Å². The maximum absolute atomic E-state index is 13.1. The fourth-order valence-electron chi connectivity index (χ4n) is 3.21. The maximum atomic E-state index is 13.1. The minimum atomic E-state index is -4.07. The predicted octanol–water partition coefficient (Wildman–Crippen LogP) is 2.37. The Bertz CT molecular complexity index is 1510. The van der Waals surface area contributed by atoms with Crippen LogP contribution >= 0.6 is 0 Å². The number of aromatic hydroxyl groups is 1. The quantitative estimate of drug-likeness (QED) is 0.499. The number of carbonyl (C=O) groups excluding carboxylic acids is 1. The number of nitrogens with one attached hydrogen (secondary N) is 1. The monoisotopic (exact) mass is 477 g/mol. The molecule has 172 valence electrons. The van der Waals surface area contributed by atoms with Crippen molar-refractivity contribution in [2.24, 2.45) is 4.99 Å². The Morgan fingerprint density at radius 3 is 2.56 bits per heavy atom. The lowest BCUT2D eigenvalue weighted by Crippen LogP contribution is -2.33. The number of nitrogens with zero attached hydrogens (tertiary/aromatic N) is 4. The van der Waals surface area contributed by atoms with Crippen LogP contribution in [-0.2, 0) is 15.8 Å². The molecule has 3 aromatic rings. The van der Waals surface area contributed by atoms with Gasteiger partial charge in [0.1, 0.15) is 17.2 Å². The largest absolute Gasteiger partial charge is 0.506 e. The Balaban J connectivity index is 1.82. The van der Waals surface area contributed by atoms with Gasteiger partial charge < -0.3 is 9.84 Å². The van der Waals surface area contributed by atoms with Crippen LogP contribution in [-0.4, -0.2) is 47.5 Å². The van der Waals surface area contributed by atoms with Crippen molar-refractivity contribution < 1.29 is 23.1 Å². The lowest BCUT2D eigenvalue weighted by Gasteiger charge is -2.15. The third kappa shape index (κ3) is 4.67. The molecular formula is C23H19N5O5S. The second-order valence-electron chi connectivity index (χ2n) is 7.23. The zero-order chi connectivity index (χ0) is 24.3. The first-order valence-electron chi connectivity index (χ1n) is 9.96. The minimum Gasteiger partial charge on any atom is -0.506 e. The van der Waals surface area contributed by atoms with Gasteiger partial charge in [0.05, 0.1) is 12.9 Å². The van der Waals surface area contributed by atoms with E-state index in [1.165, 1.54) is 24.0 Å². The Morgan fingerprint density at radius 2 is 1.88 bits per heavy atom. The van der Waals surface area contributed by atoms with Gasteiger partial charge in [-0.1, -0.05) is 42.1 Å². The number of carbonyl (C=O) groups is 1. The molecule has 2 N–H and O–H groups in total. The number of rotatable bonds is 7. The number of benzene rings is 2. The van der Waals surface area contributed by atoms with Gasteiger partial charge in [-0.3, -0.25) is 9.36 Å². The smallest absolute Gasteiger partial charge is 0.303 e. The molecule has 4 rings (SSSR count). The van der Waals surface area contributed by atoms with E-state index in [9.17, 15) is 18.3 Å². The lowest BCUT2D eigenvalue weighted by molar-refractivity contribution is 0.0969. The van der Waals surface area contributed by atoms with Crippen molar-refractivity contribution in [1.29, 1.82) is 0 Å². The van der Waals surface area contributed by atoms with Crippen molar-refractivity contribution in [3.63, 3.8) is 0 Å². The molecule has 1 aromatic heterocycles. The number of phenols is 1. The molecule has 2 aromatic carbocycles. The van der Waals surface area contributed by atoms with Gasteiger partial charge in [-0.05, 0) is 30.4 Å². The molecule has 0 radical (unpaired) electrons. The van der Waals surface area contributed by atoms with Crippen LogP contribution in [0.4, 0.5) is 0 Å². The number of hydrogen-bond acceptors (Lipinski definition) is 8. The molecule has 0 saturated carbocycles. The van der Waals surface area contributed by atoms with Gasteiger partial charge >= 0.3 is 5.91 Å². The molecule has 1 aliphatic rings. The highest BCUT2D eigenvalue weighted by atomic mass is 32.2. The number of ether oxygens (including phenoxy) is 1. The number of allylic oxidation sites excluding steroid dienone is 1. The van der Waals surface area contributed by atoms with Crippen molar-refractivity contribution in [2.45, 2.75) is 12.7 Å². The van der Waals surface area contributed by atoms with Crippen LogP contribution in [0.2, 0.25) is 0 Å². The average Bonchev–Trinajstić information content (AvgIpc) is 3.24. The summed E-state index contributed by atoms with van der Waals surface area (Å²) in [6.07, 6.45) is 1.52. The number of aliphatic imine (C=N–C) groups is 1. The Morgan fingerprint density at radius 1 is 1.12 bits per heavy atom. The lowest BCUT2D eigenvalue weighted by atomic mass is 10.2. The highest BCUT2D eigenvalue weighted by Gasteiger charge is 2.29. The topological polar surface area (TPSA) is 136 Å². The third-order valence-corrected chi connectivity index (χ3v) is 5.92. The van der Waals surface area contributed by atoms with Crippen molar-refractivity contribution in [3.8, 4) is 17.2 Å². The second-order valence-corrected chi connectivity index (χ2v) is 8.95. The molecule has 1 amide bonds. The van der Waals surface area contributed by atoms with Gasteiger partial charge in [0.15, 0.2) is 11.5 Å². The second kappa shape index (κ2) is 9.21. The molecule has 34 heavy (non-hydrogen) atoms. The summed E-state index contributed by atoms with van der Waals surface area (Å²) in [5.41, 5.74) is 7.12. The fourth-order valence-corrected chi connectivity index (χ4v) is 4.29. The van der Waals surface area contributed by atoms with E-state index >= 15 is 0 Å². The van der Waals surface area contributed by atoms with Crippen LogP contribution in [0.1, 0.15) is 28.9 Å². The Labute approximate surface area is 195 Å². The summed E-state index contributed by atoms with van der Waals surface area (Å²) >= 11 is 0.